The van der Waals surface area contributed by atoms with Crippen LogP contribution in [0.3, 0.4) is 0 Å². The quantitative estimate of drug-likeness (QED) is 0.244. The molecule has 0 radical (unpaired) electrons. The third kappa shape index (κ3) is 5.60. The Kier molecular flexibility index (Phi) is 5.80. The van der Waals surface area contributed by atoms with Crippen LogP contribution in [0, 0.1) is 0 Å². The molecule has 0 saturated carbocycles. The molecule has 0 amide bonds. The molecule has 19 heavy (non-hydrogen) atoms. The highest BCUT2D eigenvalue weighted by molar-refractivity contribution is 7.98. The average molecular weight is 286 g/mol. The molecule has 1 atom stereocenters. The Morgan fingerprint density at radius 3 is 2.58 bits per heavy atom. The van der Waals surface area contributed by atoms with Crippen molar-refractivity contribution in [1.82, 2.24) is 14.9 Å². The number of hydrogen-bond donors (Lipinski definition) is 4. The molecule has 0 bridgehead atoms. The van der Waals surface area contributed by atoms with Gasteiger partial charge in [-0.1, -0.05) is 11.8 Å². The highest BCUT2D eigenvalue weighted by Crippen LogP contribution is 2.17. The topological polar surface area (TPSA) is 99.3 Å². The summed E-state index contributed by atoms with van der Waals surface area (Å²) in [6, 6.07) is 1.70. The number of hydrazine groups is 1. The lowest BCUT2D eigenvalue weighted by Crippen LogP contribution is -2.43. The van der Waals surface area contributed by atoms with Gasteiger partial charge in [-0.25, -0.2) is 15.8 Å². The zero-order valence-corrected chi connectivity index (χ0v) is 12.6. The number of nitrogens with two attached hydrogens (primary N) is 1. The summed E-state index contributed by atoms with van der Waals surface area (Å²) in [6.07, 6.45) is 1.89. The lowest BCUT2D eigenvalue weighted by Gasteiger charge is -2.27. The smallest absolute Gasteiger partial charge is 0.191 e. The summed E-state index contributed by atoms with van der Waals surface area (Å²) in [5.41, 5.74) is 1.65. The second kappa shape index (κ2) is 6.90. The molecule has 8 heteroatoms. The number of nitrogens with zero attached hydrogens (tertiary/aromatic N) is 3. The van der Waals surface area contributed by atoms with Crippen LogP contribution < -0.4 is 16.6 Å². The molecule has 0 aliphatic rings. The minimum Gasteiger partial charge on any atom is -0.387 e. The van der Waals surface area contributed by atoms with Gasteiger partial charge in [0, 0.05) is 19.2 Å². The van der Waals surface area contributed by atoms with Gasteiger partial charge in [0.05, 0.1) is 5.60 Å². The maximum absolute atomic E-state index is 10.2. The molecule has 0 fully saturated rings. The third-order valence-corrected chi connectivity index (χ3v) is 2.89. The second-order valence-electron chi connectivity index (χ2n) is 4.86. The first kappa shape index (κ1) is 16.0. The maximum atomic E-state index is 10.2. The van der Waals surface area contributed by atoms with Gasteiger partial charge in [-0.3, -0.25) is 0 Å². The van der Waals surface area contributed by atoms with E-state index in [1.165, 1.54) is 11.8 Å². The summed E-state index contributed by atoms with van der Waals surface area (Å²) in [4.78, 5) is 10.4. The summed E-state index contributed by atoms with van der Waals surface area (Å²) in [6.45, 7) is 2.72. The van der Waals surface area contributed by atoms with Crippen LogP contribution in [0.15, 0.2) is 11.2 Å². The van der Waals surface area contributed by atoms with E-state index >= 15 is 0 Å². The minimum absolute atomic E-state index is 0.389. The first-order chi connectivity index (χ1) is 8.86. The van der Waals surface area contributed by atoms with Crippen molar-refractivity contribution < 1.29 is 5.11 Å². The maximum Gasteiger partial charge on any atom is 0.191 e. The van der Waals surface area contributed by atoms with Crippen LogP contribution in [-0.4, -0.2) is 59.0 Å². The monoisotopic (exact) mass is 286 g/mol. The van der Waals surface area contributed by atoms with Gasteiger partial charge in [0.25, 0.3) is 0 Å². The molecule has 5 N–H and O–H groups in total. The molecule has 1 unspecified atom stereocenters. The highest BCUT2D eigenvalue weighted by atomic mass is 32.2. The lowest BCUT2D eigenvalue weighted by molar-refractivity contribution is 0.0459. The van der Waals surface area contributed by atoms with Crippen molar-refractivity contribution >= 4 is 23.4 Å². The fourth-order valence-corrected chi connectivity index (χ4v) is 2.08. The van der Waals surface area contributed by atoms with E-state index in [1.807, 2.05) is 25.3 Å². The number of hydrogen-bond acceptors (Lipinski definition) is 8. The molecule has 1 aromatic rings. The Bertz CT molecular complexity index is 390. The molecule has 108 valence electrons. The Labute approximate surface area is 118 Å². The molecular formula is C11H22N6OS. The SMILES string of the molecule is CSc1nc(NN)cc(NCC(C)(O)CN(C)C)n1. The van der Waals surface area contributed by atoms with Crippen molar-refractivity contribution in [3.8, 4) is 0 Å². The van der Waals surface area contributed by atoms with Crippen LogP contribution in [0.5, 0.6) is 0 Å². The molecule has 0 spiro atoms. The fraction of sp³-hybridized carbons (Fsp3) is 0.636. The average Bonchev–Trinajstić information content (AvgIpc) is 2.34. The van der Waals surface area contributed by atoms with E-state index in [0.717, 1.165) is 0 Å². The predicted molar refractivity (Wildman–Crippen MR) is 79.3 cm³/mol. The van der Waals surface area contributed by atoms with Crippen LogP contribution in [0.25, 0.3) is 0 Å². The number of aliphatic hydroxyl groups is 1. The molecule has 1 rings (SSSR count). The molecular weight excluding hydrogens is 264 g/mol. The van der Waals surface area contributed by atoms with Crippen molar-refractivity contribution in [1.29, 1.82) is 0 Å². The molecule has 0 saturated heterocycles. The fourth-order valence-electron chi connectivity index (χ4n) is 1.70. The van der Waals surface area contributed by atoms with Gasteiger partial charge in [-0.15, -0.1) is 0 Å². The van der Waals surface area contributed by atoms with Crippen LogP contribution in [-0.2, 0) is 0 Å². The largest absolute Gasteiger partial charge is 0.387 e. The van der Waals surface area contributed by atoms with Gasteiger partial charge in [0.2, 0.25) is 0 Å². The van der Waals surface area contributed by atoms with E-state index in [4.69, 9.17) is 5.84 Å². The number of thioether (sulfide) groups is 1. The number of likely N-dealkylation sites (N-methyl/N-ethyl adjacent to an activating group) is 1. The van der Waals surface area contributed by atoms with Gasteiger partial charge in [0.1, 0.15) is 11.6 Å². The molecule has 0 aliphatic heterocycles. The molecule has 1 aromatic heterocycles. The van der Waals surface area contributed by atoms with Gasteiger partial charge < -0.3 is 20.7 Å². The van der Waals surface area contributed by atoms with Crippen LogP contribution in [0.1, 0.15) is 6.92 Å². The van der Waals surface area contributed by atoms with Gasteiger partial charge in [-0.2, -0.15) is 0 Å². The standard InChI is InChI=1S/C11H22N6OS/c1-11(18,7-17(2)3)6-13-8-5-9(16-12)15-10(14-8)19-4/h5,18H,6-7,12H2,1-4H3,(H2,13,14,15,16). The summed E-state index contributed by atoms with van der Waals surface area (Å²) < 4.78 is 0. The number of rotatable bonds is 7. The minimum atomic E-state index is -0.843. The number of aromatic nitrogens is 2. The summed E-state index contributed by atoms with van der Waals surface area (Å²) in [5.74, 6) is 6.52. The van der Waals surface area contributed by atoms with Crippen molar-refractivity contribution in [2.45, 2.75) is 17.7 Å². The molecule has 1 heterocycles. The zero-order chi connectivity index (χ0) is 14.5. The van der Waals surface area contributed by atoms with Crippen LogP contribution in [0.2, 0.25) is 0 Å². The molecule has 7 nitrogen and oxygen atoms in total. The van der Waals surface area contributed by atoms with Gasteiger partial charge in [-0.05, 0) is 27.3 Å². The number of anilines is 2. The van der Waals surface area contributed by atoms with Crippen LogP contribution in [0.4, 0.5) is 11.6 Å². The van der Waals surface area contributed by atoms with E-state index in [0.29, 0.717) is 29.9 Å². The molecule has 0 aliphatic carbocycles. The lowest BCUT2D eigenvalue weighted by atomic mass is 10.1. The summed E-state index contributed by atoms with van der Waals surface area (Å²) in [7, 11) is 3.84. The summed E-state index contributed by atoms with van der Waals surface area (Å²) >= 11 is 1.43. The Morgan fingerprint density at radius 2 is 2.05 bits per heavy atom. The summed E-state index contributed by atoms with van der Waals surface area (Å²) in [5, 5.41) is 13.9. The van der Waals surface area contributed by atoms with Crippen molar-refractivity contribution in [3.05, 3.63) is 6.07 Å². The Morgan fingerprint density at radius 1 is 1.42 bits per heavy atom. The first-order valence-electron chi connectivity index (χ1n) is 5.87. The highest BCUT2D eigenvalue weighted by Gasteiger charge is 2.21. The van der Waals surface area contributed by atoms with Crippen molar-refractivity contribution in [3.63, 3.8) is 0 Å². The zero-order valence-electron chi connectivity index (χ0n) is 11.8. The molecule has 0 aromatic carbocycles. The Balaban J connectivity index is 2.71. The number of nitrogen functional groups attached to an aromatic ring is 1. The Hall–Kier alpha value is -1.09. The van der Waals surface area contributed by atoms with Crippen LogP contribution >= 0.6 is 11.8 Å². The third-order valence-electron chi connectivity index (χ3n) is 2.34. The van der Waals surface area contributed by atoms with E-state index in [2.05, 4.69) is 20.7 Å². The first-order valence-corrected chi connectivity index (χ1v) is 7.09. The number of nitrogens with one attached hydrogen (secondary N) is 2. The van der Waals surface area contributed by atoms with Gasteiger partial charge in [0.15, 0.2) is 5.16 Å². The predicted octanol–water partition coefficient (Wildman–Crippen LogP) is 0.209. The second-order valence-corrected chi connectivity index (χ2v) is 5.63. The van der Waals surface area contributed by atoms with E-state index < -0.39 is 5.60 Å². The van der Waals surface area contributed by atoms with Crippen molar-refractivity contribution in [2.24, 2.45) is 5.84 Å². The van der Waals surface area contributed by atoms with Gasteiger partial charge >= 0.3 is 0 Å². The van der Waals surface area contributed by atoms with E-state index in [1.54, 1.807) is 13.0 Å². The van der Waals surface area contributed by atoms with Crippen molar-refractivity contribution in [2.75, 3.05) is 44.2 Å². The van der Waals surface area contributed by atoms with E-state index in [-0.39, 0.29) is 0 Å². The van der Waals surface area contributed by atoms with E-state index in [9.17, 15) is 5.11 Å². The normalized spacial score (nSPS) is 14.3.